The second-order valence-corrected chi connectivity index (χ2v) is 13.0. The van der Waals surface area contributed by atoms with Gasteiger partial charge in [0.05, 0.1) is 13.2 Å². The minimum Gasteiger partial charge on any atom is -0.494 e. The first-order valence-corrected chi connectivity index (χ1v) is 15.9. The SMILES string of the molecule is CC(=N)c1ccc(OCCCCCC(CCCCCOc2ccc(C(=N)NC(=O)OC(C)(C)C)cn2)=NC(=O)OC(C)(C)C)cc1. The van der Waals surface area contributed by atoms with Crippen LogP contribution in [0.5, 0.6) is 11.6 Å². The van der Waals surface area contributed by atoms with Gasteiger partial charge in [0.15, 0.2) is 0 Å². The normalized spacial score (nSPS) is 11.8. The molecule has 0 aliphatic carbocycles. The maximum Gasteiger partial charge on any atom is 0.434 e. The molecule has 11 heteroatoms. The fourth-order valence-electron chi connectivity index (χ4n) is 4.13. The van der Waals surface area contributed by atoms with Gasteiger partial charge >= 0.3 is 12.2 Å². The van der Waals surface area contributed by atoms with Crippen LogP contribution in [0.2, 0.25) is 0 Å². The van der Waals surface area contributed by atoms with Crippen molar-refractivity contribution in [3.05, 3.63) is 53.7 Å². The van der Waals surface area contributed by atoms with Crippen LogP contribution < -0.4 is 14.8 Å². The van der Waals surface area contributed by atoms with Gasteiger partial charge in [0.1, 0.15) is 22.8 Å². The molecule has 0 spiro atoms. The second kappa shape index (κ2) is 18.6. The van der Waals surface area contributed by atoms with Crippen LogP contribution in [0, 0.1) is 10.8 Å². The zero-order valence-electron chi connectivity index (χ0n) is 28.5. The summed E-state index contributed by atoms with van der Waals surface area (Å²) in [7, 11) is 0. The highest BCUT2D eigenvalue weighted by atomic mass is 16.6. The van der Waals surface area contributed by atoms with Gasteiger partial charge in [-0.05, 0) is 136 Å². The molecule has 0 aliphatic rings. The van der Waals surface area contributed by atoms with E-state index in [-0.39, 0.29) is 5.84 Å². The lowest BCUT2D eigenvalue weighted by Crippen LogP contribution is -2.36. The van der Waals surface area contributed by atoms with Crippen LogP contribution in [-0.2, 0) is 9.47 Å². The Balaban J connectivity index is 1.73. The van der Waals surface area contributed by atoms with E-state index in [0.29, 0.717) is 36.8 Å². The van der Waals surface area contributed by atoms with E-state index in [1.807, 2.05) is 45.0 Å². The Morgan fingerprint density at radius 3 is 1.85 bits per heavy atom. The van der Waals surface area contributed by atoms with Gasteiger partial charge in [-0.15, -0.1) is 0 Å². The molecule has 11 nitrogen and oxygen atoms in total. The van der Waals surface area contributed by atoms with Crippen molar-refractivity contribution in [2.45, 2.75) is 111 Å². The summed E-state index contributed by atoms with van der Waals surface area (Å²) < 4.78 is 22.2. The molecule has 0 saturated carbocycles. The van der Waals surface area contributed by atoms with Crippen molar-refractivity contribution < 1.29 is 28.5 Å². The predicted molar refractivity (Wildman–Crippen MR) is 181 cm³/mol. The zero-order valence-corrected chi connectivity index (χ0v) is 28.5. The molecular weight excluding hydrogens is 586 g/mol. The number of hydrogen-bond acceptors (Lipinski definition) is 9. The van der Waals surface area contributed by atoms with Crippen LogP contribution in [0.1, 0.15) is 111 Å². The summed E-state index contributed by atoms with van der Waals surface area (Å²) in [6.07, 6.45) is 6.92. The largest absolute Gasteiger partial charge is 0.494 e. The van der Waals surface area contributed by atoms with Crippen molar-refractivity contribution >= 4 is 29.4 Å². The standard InChI is InChI=1S/C35H51N5O6/c1-25(36)26-16-19-29(20-17-26)43-22-12-8-10-14-28(39-32(41)45-34(2,3)4)15-11-9-13-23-44-30-21-18-27(24-38-30)31(37)40-33(42)46-35(5,6)7/h16-21,24,36H,8-15,22-23H2,1-7H3,(H2,37,40,42). The lowest BCUT2D eigenvalue weighted by atomic mass is 10.0. The van der Waals surface area contributed by atoms with Gasteiger partial charge in [0.2, 0.25) is 5.88 Å². The van der Waals surface area contributed by atoms with Crippen LogP contribution in [0.4, 0.5) is 9.59 Å². The van der Waals surface area contributed by atoms with E-state index < -0.39 is 23.4 Å². The number of aliphatic imine (C=N–C) groups is 1. The number of hydrogen-bond donors (Lipinski definition) is 3. The number of unbranched alkanes of at least 4 members (excludes halogenated alkanes) is 4. The van der Waals surface area contributed by atoms with Crippen molar-refractivity contribution in [1.29, 1.82) is 10.8 Å². The molecule has 252 valence electrons. The lowest BCUT2D eigenvalue weighted by molar-refractivity contribution is 0.0560. The Kier molecular flexibility index (Phi) is 15.4. The molecule has 46 heavy (non-hydrogen) atoms. The molecule has 0 unspecified atom stereocenters. The molecule has 3 N–H and O–H groups in total. The number of nitrogens with one attached hydrogen (secondary N) is 3. The van der Waals surface area contributed by atoms with Gasteiger partial charge in [-0.1, -0.05) is 0 Å². The highest BCUT2D eigenvalue weighted by Gasteiger charge is 2.18. The Hall–Kier alpha value is -4.28. The second-order valence-electron chi connectivity index (χ2n) is 13.0. The van der Waals surface area contributed by atoms with Gasteiger partial charge in [0, 0.05) is 29.3 Å². The summed E-state index contributed by atoms with van der Waals surface area (Å²) in [5, 5.41) is 18.1. The number of carbonyl (C=O) groups excluding carboxylic acids is 2. The highest BCUT2D eigenvalue weighted by Crippen LogP contribution is 2.16. The molecule has 1 aromatic heterocycles. The Bertz CT molecular complexity index is 1310. The third-order valence-corrected chi connectivity index (χ3v) is 6.32. The number of alkyl carbamates (subject to hydrolysis) is 1. The number of carbonyl (C=O) groups is 2. The summed E-state index contributed by atoms with van der Waals surface area (Å²) in [4.78, 5) is 32.8. The average molecular weight is 638 g/mol. The molecule has 2 amide bonds. The van der Waals surface area contributed by atoms with Crippen LogP contribution in [-0.4, -0.2) is 58.8 Å². The Labute approximate surface area is 273 Å². The minimum absolute atomic E-state index is 0.105. The maximum absolute atomic E-state index is 12.4. The third kappa shape index (κ3) is 16.7. The predicted octanol–water partition coefficient (Wildman–Crippen LogP) is 8.27. The van der Waals surface area contributed by atoms with Crippen molar-refractivity contribution in [2.75, 3.05) is 13.2 Å². The topological polar surface area (TPSA) is 156 Å². The number of amidine groups is 1. The average Bonchev–Trinajstić information content (AvgIpc) is 2.94. The van der Waals surface area contributed by atoms with Gasteiger partial charge in [-0.2, -0.15) is 4.99 Å². The number of rotatable bonds is 16. The summed E-state index contributed by atoms with van der Waals surface area (Å²) in [5.41, 5.74) is 1.43. The molecule has 0 fully saturated rings. The number of amides is 2. The first-order valence-electron chi connectivity index (χ1n) is 15.9. The number of nitrogens with zero attached hydrogens (tertiary/aromatic N) is 2. The molecule has 0 saturated heterocycles. The van der Waals surface area contributed by atoms with Gasteiger partial charge in [-0.25, -0.2) is 14.6 Å². The monoisotopic (exact) mass is 637 g/mol. The summed E-state index contributed by atoms with van der Waals surface area (Å²) in [6, 6.07) is 10.9. The fourth-order valence-corrected chi connectivity index (χ4v) is 4.13. The number of ether oxygens (including phenoxy) is 4. The third-order valence-electron chi connectivity index (χ3n) is 6.32. The molecule has 0 aliphatic heterocycles. The maximum atomic E-state index is 12.4. The van der Waals surface area contributed by atoms with Gasteiger partial charge < -0.3 is 24.4 Å². The van der Waals surface area contributed by atoms with Crippen molar-refractivity contribution in [1.82, 2.24) is 10.3 Å². The molecule has 0 bridgehead atoms. The van der Waals surface area contributed by atoms with Crippen molar-refractivity contribution in [3.63, 3.8) is 0 Å². The van der Waals surface area contributed by atoms with E-state index >= 15 is 0 Å². The number of aromatic nitrogens is 1. The fraction of sp³-hybridized carbons (Fsp3) is 0.543. The first-order chi connectivity index (χ1) is 21.6. The van der Waals surface area contributed by atoms with Crippen molar-refractivity contribution in [3.8, 4) is 11.6 Å². The minimum atomic E-state index is -0.694. The van der Waals surface area contributed by atoms with Gasteiger partial charge in [-0.3, -0.25) is 10.7 Å². The molecule has 0 radical (unpaired) electrons. The molecule has 1 aromatic carbocycles. The van der Waals surface area contributed by atoms with E-state index in [4.69, 9.17) is 29.8 Å². The van der Waals surface area contributed by atoms with E-state index in [2.05, 4.69) is 15.3 Å². The summed E-state index contributed by atoms with van der Waals surface area (Å²) >= 11 is 0. The smallest absolute Gasteiger partial charge is 0.434 e. The zero-order chi connectivity index (χ0) is 34.2. The van der Waals surface area contributed by atoms with Crippen LogP contribution >= 0.6 is 0 Å². The van der Waals surface area contributed by atoms with E-state index in [1.54, 1.807) is 39.8 Å². The quantitative estimate of drug-likeness (QED) is 0.0950. The Morgan fingerprint density at radius 2 is 1.33 bits per heavy atom. The van der Waals surface area contributed by atoms with Crippen molar-refractivity contribution in [2.24, 2.45) is 4.99 Å². The Morgan fingerprint density at radius 1 is 0.761 bits per heavy atom. The molecule has 2 aromatic rings. The molecule has 0 atom stereocenters. The van der Waals surface area contributed by atoms with Gasteiger partial charge in [0.25, 0.3) is 0 Å². The lowest BCUT2D eigenvalue weighted by Gasteiger charge is -2.19. The number of benzene rings is 1. The van der Waals surface area contributed by atoms with E-state index in [0.717, 1.165) is 62.0 Å². The summed E-state index contributed by atoms with van der Waals surface area (Å²) in [6.45, 7) is 13.6. The summed E-state index contributed by atoms with van der Waals surface area (Å²) in [5.74, 6) is 1.12. The van der Waals surface area contributed by atoms with E-state index in [9.17, 15) is 9.59 Å². The number of pyridine rings is 1. The van der Waals surface area contributed by atoms with Crippen LogP contribution in [0.15, 0.2) is 47.6 Å². The van der Waals surface area contributed by atoms with Crippen LogP contribution in [0.25, 0.3) is 0 Å². The first kappa shape index (κ1) is 37.9. The molecule has 1 heterocycles. The van der Waals surface area contributed by atoms with Crippen LogP contribution in [0.3, 0.4) is 0 Å². The molecular formula is C35H51N5O6. The molecule has 2 rings (SSSR count). The highest BCUT2D eigenvalue weighted by molar-refractivity contribution is 6.04. The van der Waals surface area contributed by atoms with E-state index in [1.165, 1.54) is 6.20 Å².